The molecule has 140 valence electrons. The minimum absolute atomic E-state index is 0.0885. The molecular weight excluding hydrogens is 335 g/mol. The highest BCUT2D eigenvalue weighted by Crippen LogP contribution is 2.29. The van der Waals surface area contributed by atoms with E-state index in [-0.39, 0.29) is 31.5 Å². The van der Waals surface area contributed by atoms with E-state index in [4.69, 9.17) is 0 Å². The summed E-state index contributed by atoms with van der Waals surface area (Å²) < 4.78 is 37.5. The van der Waals surface area contributed by atoms with Gasteiger partial charge in [0.15, 0.2) is 0 Å². The van der Waals surface area contributed by atoms with E-state index in [9.17, 15) is 22.8 Å². The van der Waals surface area contributed by atoms with Crippen molar-refractivity contribution in [3.63, 3.8) is 0 Å². The summed E-state index contributed by atoms with van der Waals surface area (Å²) in [6.45, 7) is 4.22. The smallest absolute Gasteiger partial charge is 0.354 e. The second kappa shape index (κ2) is 9.29. The minimum atomic E-state index is -4.38. The molecule has 0 fully saturated rings. The zero-order valence-corrected chi connectivity index (χ0v) is 14.6. The molecule has 1 aromatic rings. The topological polar surface area (TPSA) is 61.4 Å². The molecule has 25 heavy (non-hydrogen) atoms. The van der Waals surface area contributed by atoms with E-state index in [0.29, 0.717) is 5.56 Å². The Hall–Kier alpha value is -2.25. The molecule has 0 heterocycles. The fourth-order valence-corrected chi connectivity index (χ4v) is 2.01. The van der Waals surface area contributed by atoms with Crippen LogP contribution in [0.5, 0.6) is 0 Å². The van der Waals surface area contributed by atoms with Crippen molar-refractivity contribution in [1.82, 2.24) is 15.5 Å². The van der Waals surface area contributed by atoms with Gasteiger partial charge in [-0.2, -0.15) is 13.2 Å². The lowest BCUT2D eigenvalue weighted by atomic mass is 10.1. The fraction of sp³-hybridized carbons (Fsp3) is 0.529. The van der Waals surface area contributed by atoms with Gasteiger partial charge in [-0.15, -0.1) is 0 Å². The third kappa shape index (κ3) is 7.45. The van der Waals surface area contributed by atoms with Crippen molar-refractivity contribution in [1.29, 1.82) is 0 Å². The van der Waals surface area contributed by atoms with Crippen LogP contribution >= 0.6 is 0 Å². The minimum Gasteiger partial charge on any atom is -0.354 e. The summed E-state index contributed by atoms with van der Waals surface area (Å²) in [6.07, 6.45) is -3.38. The summed E-state index contributed by atoms with van der Waals surface area (Å²) in [5, 5.41) is 5.40. The lowest BCUT2D eigenvalue weighted by Gasteiger charge is -2.18. The van der Waals surface area contributed by atoms with Crippen LogP contribution in [-0.2, 0) is 17.5 Å². The van der Waals surface area contributed by atoms with Gasteiger partial charge in [0, 0.05) is 32.6 Å². The molecule has 1 atom stereocenters. The molecule has 1 rings (SSSR count). The number of hydrogen-bond donors (Lipinski definition) is 2. The average molecular weight is 359 g/mol. The van der Waals surface area contributed by atoms with Gasteiger partial charge in [0.2, 0.25) is 5.91 Å². The lowest BCUT2D eigenvalue weighted by Crippen LogP contribution is -2.39. The Kier molecular flexibility index (Phi) is 7.73. The van der Waals surface area contributed by atoms with Gasteiger partial charge in [0.1, 0.15) is 0 Å². The number of nitrogens with zero attached hydrogens (tertiary/aromatic N) is 1. The van der Waals surface area contributed by atoms with Gasteiger partial charge < -0.3 is 15.5 Å². The Morgan fingerprint density at radius 2 is 1.80 bits per heavy atom. The number of benzene rings is 1. The maximum atomic E-state index is 12.5. The molecule has 2 N–H and O–H groups in total. The Labute approximate surface area is 145 Å². The van der Waals surface area contributed by atoms with Gasteiger partial charge >= 0.3 is 12.2 Å². The van der Waals surface area contributed by atoms with Gasteiger partial charge in [0.25, 0.3) is 0 Å². The van der Waals surface area contributed by atoms with E-state index in [2.05, 4.69) is 10.6 Å². The number of carbonyl (C=O) groups excluding carboxylic acids is 2. The van der Waals surface area contributed by atoms with E-state index in [1.165, 1.54) is 24.1 Å². The van der Waals surface area contributed by atoms with Crippen LogP contribution < -0.4 is 10.6 Å². The SMILES string of the molecule is CC[C@H](C)NC(=O)CCNC(=O)N(C)Cc1ccc(C(F)(F)F)cc1. The summed E-state index contributed by atoms with van der Waals surface area (Å²) >= 11 is 0. The van der Waals surface area contributed by atoms with Gasteiger partial charge in [-0.3, -0.25) is 4.79 Å². The number of hydrogen-bond acceptors (Lipinski definition) is 2. The molecule has 3 amide bonds. The highest BCUT2D eigenvalue weighted by Gasteiger charge is 2.29. The number of urea groups is 1. The predicted molar refractivity (Wildman–Crippen MR) is 88.8 cm³/mol. The highest BCUT2D eigenvalue weighted by molar-refractivity contribution is 5.78. The second-order valence-corrected chi connectivity index (χ2v) is 5.91. The van der Waals surface area contributed by atoms with E-state index in [1.54, 1.807) is 0 Å². The first-order valence-electron chi connectivity index (χ1n) is 8.08. The third-order valence-corrected chi connectivity index (χ3v) is 3.70. The molecule has 0 radical (unpaired) electrons. The quantitative estimate of drug-likeness (QED) is 0.786. The molecule has 0 saturated carbocycles. The number of alkyl halides is 3. The molecular formula is C17H24F3N3O2. The standard InChI is InChI=1S/C17H24F3N3O2/c1-4-12(2)22-15(24)9-10-21-16(25)23(3)11-13-5-7-14(8-6-13)17(18,19)20/h5-8,12H,4,9-11H2,1-3H3,(H,21,25)(H,22,24)/t12-/m0/s1. The van der Waals surface area contributed by atoms with E-state index >= 15 is 0 Å². The highest BCUT2D eigenvalue weighted by atomic mass is 19.4. The van der Waals surface area contributed by atoms with Crippen LogP contribution in [0.1, 0.15) is 37.8 Å². The van der Waals surface area contributed by atoms with Crippen molar-refractivity contribution in [2.24, 2.45) is 0 Å². The fourth-order valence-electron chi connectivity index (χ4n) is 2.01. The number of rotatable bonds is 7. The maximum Gasteiger partial charge on any atom is 0.416 e. The molecule has 5 nitrogen and oxygen atoms in total. The van der Waals surface area contributed by atoms with E-state index < -0.39 is 17.8 Å². The first kappa shape index (κ1) is 20.8. The Morgan fingerprint density at radius 3 is 2.32 bits per heavy atom. The van der Waals surface area contributed by atoms with Crippen LogP contribution in [0.15, 0.2) is 24.3 Å². The molecule has 0 unspecified atom stereocenters. The summed E-state index contributed by atoms with van der Waals surface area (Å²) in [5.74, 6) is -0.139. The van der Waals surface area contributed by atoms with Crippen LogP contribution in [0, 0.1) is 0 Å². The lowest BCUT2D eigenvalue weighted by molar-refractivity contribution is -0.137. The van der Waals surface area contributed by atoms with Crippen LogP contribution in [-0.4, -0.2) is 36.5 Å². The second-order valence-electron chi connectivity index (χ2n) is 5.91. The third-order valence-electron chi connectivity index (χ3n) is 3.70. The van der Waals surface area contributed by atoms with Gasteiger partial charge in [-0.1, -0.05) is 19.1 Å². The number of halogens is 3. The van der Waals surface area contributed by atoms with E-state index in [1.807, 2.05) is 13.8 Å². The Bertz CT molecular complexity index is 573. The summed E-state index contributed by atoms with van der Waals surface area (Å²) in [4.78, 5) is 24.9. The van der Waals surface area contributed by atoms with Gasteiger partial charge in [-0.05, 0) is 31.0 Å². The number of amides is 3. The first-order valence-corrected chi connectivity index (χ1v) is 8.08. The van der Waals surface area contributed by atoms with Crippen molar-refractivity contribution >= 4 is 11.9 Å². The summed E-state index contributed by atoms with van der Waals surface area (Å²) in [7, 11) is 1.53. The maximum absolute atomic E-state index is 12.5. The first-order chi connectivity index (χ1) is 11.6. The molecule has 0 aliphatic carbocycles. The number of carbonyl (C=O) groups is 2. The van der Waals surface area contributed by atoms with E-state index in [0.717, 1.165) is 18.6 Å². The van der Waals surface area contributed by atoms with Crippen LogP contribution in [0.2, 0.25) is 0 Å². The molecule has 0 aliphatic rings. The van der Waals surface area contributed by atoms with Crippen molar-refractivity contribution in [2.45, 2.75) is 45.5 Å². The van der Waals surface area contributed by atoms with Crippen molar-refractivity contribution in [3.8, 4) is 0 Å². The van der Waals surface area contributed by atoms with Gasteiger partial charge in [-0.25, -0.2) is 4.79 Å². The summed E-state index contributed by atoms with van der Waals surface area (Å²) in [6, 6.07) is 4.35. The molecule has 8 heteroatoms. The van der Waals surface area contributed by atoms with Gasteiger partial charge in [0.05, 0.1) is 5.56 Å². The summed E-state index contributed by atoms with van der Waals surface area (Å²) in [5.41, 5.74) is -0.143. The monoisotopic (exact) mass is 359 g/mol. The molecule has 0 aliphatic heterocycles. The normalized spacial score (nSPS) is 12.4. The molecule has 0 bridgehead atoms. The van der Waals surface area contributed by atoms with Crippen molar-refractivity contribution in [2.75, 3.05) is 13.6 Å². The molecule has 0 aromatic heterocycles. The van der Waals surface area contributed by atoms with Crippen molar-refractivity contribution in [3.05, 3.63) is 35.4 Å². The average Bonchev–Trinajstić information content (AvgIpc) is 2.54. The largest absolute Gasteiger partial charge is 0.416 e. The number of nitrogens with one attached hydrogen (secondary N) is 2. The van der Waals surface area contributed by atoms with Crippen LogP contribution in [0.25, 0.3) is 0 Å². The van der Waals surface area contributed by atoms with Crippen LogP contribution in [0.4, 0.5) is 18.0 Å². The zero-order chi connectivity index (χ0) is 19.0. The Morgan fingerprint density at radius 1 is 1.20 bits per heavy atom. The predicted octanol–water partition coefficient (Wildman–Crippen LogP) is 3.15. The Balaban J connectivity index is 2.40. The van der Waals surface area contributed by atoms with Crippen molar-refractivity contribution < 1.29 is 22.8 Å². The zero-order valence-electron chi connectivity index (χ0n) is 14.6. The molecule has 0 spiro atoms. The molecule has 0 saturated heterocycles. The molecule has 1 aromatic carbocycles. The van der Waals surface area contributed by atoms with Crippen LogP contribution in [0.3, 0.4) is 0 Å².